The van der Waals surface area contributed by atoms with Crippen LogP contribution in [-0.2, 0) is 38.8 Å². The molecular formula is C40H38O6. The van der Waals surface area contributed by atoms with Gasteiger partial charge in [0.05, 0.1) is 38.1 Å². The second-order valence-corrected chi connectivity index (χ2v) is 10.9. The summed E-state index contributed by atoms with van der Waals surface area (Å²) in [5, 5.41) is 0. The molecule has 0 saturated heterocycles. The highest BCUT2D eigenvalue weighted by Gasteiger charge is 2.36. The summed E-state index contributed by atoms with van der Waals surface area (Å²) < 4.78 is 25.4. The fourth-order valence-corrected chi connectivity index (χ4v) is 5.04. The molecule has 0 bridgehead atoms. The number of carbonyl (C=O) groups is 2. The summed E-state index contributed by atoms with van der Waals surface area (Å²) in [6.07, 6.45) is -2.51. The third kappa shape index (κ3) is 10.1. The number of ketones is 1. The molecule has 0 aliphatic heterocycles. The van der Waals surface area contributed by atoms with Crippen molar-refractivity contribution in [2.24, 2.45) is 0 Å². The lowest BCUT2D eigenvalue weighted by Gasteiger charge is -2.33. The van der Waals surface area contributed by atoms with E-state index in [1.165, 1.54) is 0 Å². The molecule has 0 fully saturated rings. The maximum Gasteiger partial charge on any atom is 0.338 e. The first-order chi connectivity index (χ1) is 22.7. The molecular weight excluding hydrogens is 576 g/mol. The highest BCUT2D eigenvalue weighted by Crippen LogP contribution is 2.23. The van der Waals surface area contributed by atoms with E-state index in [1.807, 2.05) is 115 Å². The van der Waals surface area contributed by atoms with Crippen molar-refractivity contribution >= 4 is 11.8 Å². The van der Waals surface area contributed by atoms with E-state index >= 15 is 0 Å². The van der Waals surface area contributed by atoms with Gasteiger partial charge in [-0.2, -0.15) is 0 Å². The van der Waals surface area contributed by atoms with E-state index < -0.39 is 24.3 Å². The van der Waals surface area contributed by atoms with Gasteiger partial charge in [0, 0.05) is 12.0 Å². The van der Waals surface area contributed by atoms with Crippen LogP contribution in [0, 0.1) is 0 Å². The fraction of sp³-hybridized carbons (Fsp3) is 0.200. The zero-order valence-corrected chi connectivity index (χ0v) is 25.7. The predicted octanol–water partition coefficient (Wildman–Crippen LogP) is 7.87. The Hall–Kier alpha value is -4.88. The van der Waals surface area contributed by atoms with E-state index in [1.54, 1.807) is 36.4 Å². The van der Waals surface area contributed by atoms with Gasteiger partial charge < -0.3 is 18.9 Å². The molecule has 0 aliphatic rings. The lowest BCUT2D eigenvalue weighted by atomic mass is 9.98. The van der Waals surface area contributed by atoms with Crippen LogP contribution >= 0.6 is 0 Å². The molecule has 5 aromatic rings. The van der Waals surface area contributed by atoms with Gasteiger partial charge in [-0.15, -0.1) is 0 Å². The molecule has 6 nitrogen and oxygen atoms in total. The summed E-state index contributed by atoms with van der Waals surface area (Å²) in [7, 11) is 0. The normalized spacial score (nSPS) is 13.0. The van der Waals surface area contributed by atoms with E-state index in [0.29, 0.717) is 17.7 Å². The quantitative estimate of drug-likeness (QED) is 0.0784. The SMILES string of the molecule is O=C(C[C@@H](OCc1ccccc1)[C@@H](OCc1ccccc1)[C@H](COCc1ccccc1)OC(=O)c1ccccc1)c1ccccc1. The minimum atomic E-state index is -0.899. The lowest BCUT2D eigenvalue weighted by Crippen LogP contribution is -2.46. The first kappa shape index (κ1) is 32.5. The number of benzene rings is 5. The van der Waals surface area contributed by atoms with Crippen molar-refractivity contribution < 1.29 is 28.5 Å². The first-order valence-electron chi connectivity index (χ1n) is 15.4. The molecule has 0 radical (unpaired) electrons. The number of carbonyl (C=O) groups excluding carboxylic acids is 2. The Bertz CT molecular complexity index is 1600. The van der Waals surface area contributed by atoms with Gasteiger partial charge in [0.15, 0.2) is 11.9 Å². The van der Waals surface area contributed by atoms with E-state index in [4.69, 9.17) is 18.9 Å². The number of ether oxygens (including phenoxy) is 4. The molecule has 5 rings (SSSR count). The molecule has 0 N–H and O–H groups in total. The van der Waals surface area contributed by atoms with E-state index in [9.17, 15) is 9.59 Å². The van der Waals surface area contributed by atoms with Gasteiger partial charge >= 0.3 is 5.97 Å². The Morgan fingerprint density at radius 1 is 0.478 bits per heavy atom. The summed E-state index contributed by atoms with van der Waals surface area (Å²) in [5.74, 6) is -0.622. The molecule has 0 amide bonds. The maximum absolute atomic E-state index is 13.6. The van der Waals surface area contributed by atoms with Crippen LogP contribution in [0.3, 0.4) is 0 Å². The Balaban J connectivity index is 1.47. The number of rotatable bonds is 17. The molecule has 6 heteroatoms. The molecule has 0 aliphatic carbocycles. The third-order valence-electron chi connectivity index (χ3n) is 7.47. The zero-order chi connectivity index (χ0) is 31.8. The van der Waals surface area contributed by atoms with Crippen LogP contribution in [0.4, 0.5) is 0 Å². The Labute approximate surface area is 270 Å². The topological polar surface area (TPSA) is 71.1 Å². The standard InChI is InChI=1S/C40H38O6/c41-36(34-22-12-4-13-23-34)26-37(44-28-32-18-8-2-9-19-32)39(45-29-33-20-10-3-11-21-33)38(30-43-27-31-16-6-1-7-17-31)46-40(42)35-24-14-5-15-25-35/h1-25,37-39H,26-30H2/t37-,38+,39-/m1/s1. The van der Waals surface area contributed by atoms with Crippen LogP contribution in [0.5, 0.6) is 0 Å². The Morgan fingerprint density at radius 2 is 0.913 bits per heavy atom. The molecule has 0 saturated carbocycles. The summed E-state index contributed by atoms with van der Waals surface area (Å²) >= 11 is 0. The van der Waals surface area contributed by atoms with Crippen LogP contribution in [-0.4, -0.2) is 36.7 Å². The van der Waals surface area contributed by atoms with E-state index in [2.05, 4.69) is 0 Å². The second kappa shape index (κ2) is 17.6. The summed E-state index contributed by atoms with van der Waals surface area (Å²) in [6, 6.07) is 47.2. The van der Waals surface area contributed by atoms with Crippen molar-refractivity contribution in [3.05, 3.63) is 179 Å². The third-order valence-corrected chi connectivity index (χ3v) is 7.47. The molecule has 3 atom stereocenters. The summed E-state index contributed by atoms with van der Waals surface area (Å²) in [6.45, 7) is 0.791. The molecule has 5 aromatic carbocycles. The van der Waals surface area contributed by atoms with Crippen molar-refractivity contribution in [2.45, 2.75) is 44.6 Å². The number of Topliss-reactive ketones (excluding diaryl/α,β-unsaturated/α-hetero) is 1. The van der Waals surface area contributed by atoms with Crippen molar-refractivity contribution in [1.82, 2.24) is 0 Å². The minimum Gasteiger partial charge on any atom is -0.453 e. The van der Waals surface area contributed by atoms with Crippen LogP contribution in [0.15, 0.2) is 152 Å². The molecule has 0 heterocycles. The van der Waals surface area contributed by atoms with Gasteiger partial charge in [0.1, 0.15) is 6.10 Å². The Kier molecular flexibility index (Phi) is 12.4. The highest BCUT2D eigenvalue weighted by atomic mass is 16.6. The summed E-state index contributed by atoms with van der Waals surface area (Å²) in [4.78, 5) is 27.1. The van der Waals surface area contributed by atoms with E-state index in [-0.39, 0.29) is 32.0 Å². The molecule has 46 heavy (non-hydrogen) atoms. The van der Waals surface area contributed by atoms with E-state index in [0.717, 1.165) is 16.7 Å². The van der Waals surface area contributed by atoms with Crippen LogP contribution in [0.1, 0.15) is 43.8 Å². The molecule has 234 valence electrons. The van der Waals surface area contributed by atoms with Crippen LogP contribution < -0.4 is 0 Å². The predicted molar refractivity (Wildman–Crippen MR) is 177 cm³/mol. The average Bonchev–Trinajstić information content (AvgIpc) is 3.12. The van der Waals surface area contributed by atoms with Gasteiger partial charge in [-0.05, 0) is 28.8 Å². The van der Waals surface area contributed by atoms with Gasteiger partial charge in [0.2, 0.25) is 0 Å². The largest absolute Gasteiger partial charge is 0.453 e. The maximum atomic E-state index is 13.6. The average molecular weight is 615 g/mol. The van der Waals surface area contributed by atoms with Gasteiger partial charge in [0.25, 0.3) is 0 Å². The van der Waals surface area contributed by atoms with Gasteiger partial charge in [-0.25, -0.2) is 4.79 Å². The molecule has 0 unspecified atom stereocenters. The second-order valence-electron chi connectivity index (χ2n) is 10.9. The summed E-state index contributed by atoms with van der Waals surface area (Å²) in [5.41, 5.74) is 3.82. The van der Waals surface area contributed by atoms with Crippen molar-refractivity contribution in [3.63, 3.8) is 0 Å². The fourth-order valence-electron chi connectivity index (χ4n) is 5.04. The zero-order valence-electron chi connectivity index (χ0n) is 25.7. The van der Waals surface area contributed by atoms with Crippen LogP contribution in [0.25, 0.3) is 0 Å². The van der Waals surface area contributed by atoms with Crippen molar-refractivity contribution in [1.29, 1.82) is 0 Å². The molecule has 0 spiro atoms. The number of hydrogen-bond donors (Lipinski definition) is 0. The van der Waals surface area contributed by atoms with Gasteiger partial charge in [-0.1, -0.05) is 140 Å². The van der Waals surface area contributed by atoms with Gasteiger partial charge in [-0.3, -0.25) is 4.79 Å². The molecule has 0 aromatic heterocycles. The first-order valence-corrected chi connectivity index (χ1v) is 15.4. The van der Waals surface area contributed by atoms with Crippen molar-refractivity contribution in [3.8, 4) is 0 Å². The Morgan fingerprint density at radius 3 is 1.43 bits per heavy atom. The number of esters is 1. The minimum absolute atomic E-state index is 0.00831. The number of hydrogen-bond acceptors (Lipinski definition) is 6. The van der Waals surface area contributed by atoms with Crippen molar-refractivity contribution in [2.75, 3.05) is 6.61 Å². The lowest BCUT2D eigenvalue weighted by molar-refractivity contribution is -0.148. The highest BCUT2D eigenvalue weighted by molar-refractivity contribution is 5.96. The monoisotopic (exact) mass is 614 g/mol. The smallest absolute Gasteiger partial charge is 0.338 e. The van der Waals surface area contributed by atoms with Crippen LogP contribution in [0.2, 0.25) is 0 Å².